The SMILES string of the molecule is CCNC(=NCCCOCC)NCCOCC(C)C. The third kappa shape index (κ3) is 13.4. The molecule has 0 bridgehead atoms. The van der Waals surface area contributed by atoms with Crippen molar-refractivity contribution < 1.29 is 9.47 Å². The minimum atomic E-state index is 0.584. The first-order chi connectivity index (χ1) is 9.20. The number of ether oxygens (including phenoxy) is 2. The Kier molecular flexibility index (Phi) is 13.0. The second-order valence-electron chi connectivity index (χ2n) is 4.71. The van der Waals surface area contributed by atoms with E-state index in [1.165, 1.54) is 0 Å². The molecule has 0 radical (unpaired) electrons. The van der Waals surface area contributed by atoms with Crippen molar-refractivity contribution in [3.8, 4) is 0 Å². The Morgan fingerprint density at radius 3 is 2.53 bits per heavy atom. The van der Waals surface area contributed by atoms with Crippen LogP contribution in [0.4, 0.5) is 0 Å². The number of nitrogens with one attached hydrogen (secondary N) is 2. The van der Waals surface area contributed by atoms with Gasteiger partial charge in [0.15, 0.2) is 5.96 Å². The molecule has 0 fully saturated rings. The first-order valence-electron chi connectivity index (χ1n) is 7.38. The number of hydrogen-bond acceptors (Lipinski definition) is 3. The number of rotatable bonds is 11. The summed E-state index contributed by atoms with van der Waals surface area (Å²) in [4.78, 5) is 4.48. The standard InChI is InChI=1S/C14H31N3O2/c1-5-15-14(16-8-7-10-18-6-2)17-9-11-19-12-13(3)4/h13H,5-12H2,1-4H3,(H2,15,16,17). The van der Waals surface area contributed by atoms with Crippen molar-refractivity contribution in [2.75, 3.05) is 46.1 Å². The first-order valence-corrected chi connectivity index (χ1v) is 7.38. The highest BCUT2D eigenvalue weighted by Crippen LogP contribution is 1.91. The van der Waals surface area contributed by atoms with Gasteiger partial charge in [-0.1, -0.05) is 13.8 Å². The van der Waals surface area contributed by atoms with Crippen LogP contribution in [0.5, 0.6) is 0 Å². The fourth-order valence-corrected chi connectivity index (χ4v) is 1.40. The zero-order chi connectivity index (χ0) is 14.3. The molecule has 0 aromatic rings. The topological polar surface area (TPSA) is 54.9 Å². The molecule has 0 saturated carbocycles. The lowest BCUT2D eigenvalue weighted by atomic mass is 10.2. The van der Waals surface area contributed by atoms with E-state index in [9.17, 15) is 0 Å². The predicted molar refractivity (Wildman–Crippen MR) is 80.7 cm³/mol. The van der Waals surface area contributed by atoms with E-state index in [0.29, 0.717) is 12.5 Å². The van der Waals surface area contributed by atoms with Crippen LogP contribution in [-0.2, 0) is 9.47 Å². The van der Waals surface area contributed by atoms with Gasteiger partial charge in [0, 0.05) is 39.5 Å². The van der Waals surface area contributed by atoms with Crippen LogP contribution in [0.25, 0.3) is 0 Å². The molecule has 0 heterocycles. The highest BCUT2D eigenvalue weighted by Gasteiger charge is 1.97. The summed E-state index contributed by atoms with van der Waals surface area (Å²) in [5.41, 5.74) is 0. The molecule has 114 valence electrons. The molecule has 0 aromatic heterocycles. The summed E-state index contributed by atoms with van der Waals surface area (Å²) in [5.74, 6) is 1.44. The van der Waals surface area contributed by atoms with Gasteiger partial charge >= 0.3 is 0 Å². The first kappa shape index (κ1) is 18.2. The zero-order valence-corrected chi connectivity index (χ0v) is 13.0. The molecule has 0 aliphatic heterocycles. The minimum Gasteiger partial charge on any atom is -0.382 e. The molecule has 0 aromatic carbocycles. The largest absolute Gasteiger partial charge is 0.382 e. The Balaban J connectivity index is 3.68. The Hall–Kier alpha value is -0.810. The van der Waals surface area contributed by atoms with Crippen LogP contribution in [0.3, 0.4) is 0 Å². The van der Waals surface area contributed by atoms with Gasteiger partial charge in [-0.05, 0) is 26.2 Å². The summed E-state index contributed by atoms with van der Waals surface area (Å²) >= 11 is 0. The van der Waals surface area contributed by atoms with E-state index < -0.39 is 0 Å². The molecule has 0 atom stereocenters. The lowest BCUT2D eigenvalue weighted by Crippen LogP contribution is -2.39. The highest BCUT2D eigenvalue weighted by molar-refractivity contribution is 5.79. The van der Waals surface area contributed by atoms with E-state index in [1.54, 1.807) is 0 Å². The molecule has 0 rings (SSSR count). The van der Waals surface area contributed by atoms with Gasteiger partial charge in [0.1, 0.15) is 0 Å². The Bertz CT molecular complexity index is 221. The van der Waals surface area contributed by atoms with Crippen LogP contribution in [0, 0.1) is 5.92 Å². The van der Waals surface area contributed by atoms with Crippen LogP contribution in [0.15, 0.2) is 4.99 Å². The maximum atomic E-state index is 5.52. The summed E-state index contributed by atoms with van der Waals surface area (Å²) < 4.78 is 10.8. The Morgan fingerprint density at radius 1 is 1.11 bits per heavy atom. The summed E-state index contributed by atoms with van der Waals surface area (Å²) in [6.07, 6.45) is 0.953. The fourth-order valence-electron chi connectivity index (χ4n) is 1.40. The normalized spacial score (nSPS) is 11.9. The van der Waals surface area contributed by atoms with Crippen LogP contribution < -0.4 is 10.6 Å². The van der Waals surface area contributed by atoms with Gasteiger partial charge in [-0.25, -0.2) is 0 Å². The van der Waals surface area contributed by atoms with E-state index in [-0.39, 0.29) is 0 Å². The molecule has 5 heteroatoms. The summed E-state index contributed by atoms with van der Waals surface area (Å²) in [6.45, 7) is 13.9. The smallest absolute Gasteiger partial charge is 0.191 e. The maximum Gasteiger partial charge on any atom is 0.191 e. The monoisotopic (exact) mass is 273 g/mol. The van der Waals surface area contributed by atoms with Crippen molar-refractivity contribution in [1.82, 2.24) is 10.6 Å². The quantitative estimate of drug-likeness (QED) is 0.341. The number of nitrogens with zero attached hydrogens (tertiary/aromatic N) is 1. The molecule has 2 N–H and O–H groups in total. The van der Waals surface area contributed by atoms with Gasteiger partial charge in [0.2, 0.25) is 0 Å². The molecular weight excluding hydrogens is 242 g/mol. The lowest BCUT2D eigenvalue weighted by Gasteiger charge is -2.12. The second kappa shape index (κ2) is 13.6. The summed E-state index contributed by atoms with van der Waals surface area (Å²) in [7, 11) is 0. The van der Waals surface area contributed by atoms with E-state index >= 15 is 0 Å². The average Bonchev–Trinajstić information content (AvgIpc) is 2.37. The summed E-state index contributed by atoms with van der Waals surface area (Å²) in [6, 6.07) is 0. The van der Waals surface area contributed by atoms with Crippen molar-refractivity contribution in [3.05, 3.63) is 0 Å². The molecule has 0 saturated heterocycles. The van der Waals surface area contributed by atoms with Crippen molar-refractivity contribution in [2.24, 2.45) is 10.9 Å². The highest BCUT2D eigenvalue weighted by atomic mass is 16.5. The van der Waals surface area contributed by atoms with Crippen molar-refractivity contribution >= 4 is 5.96 Å². The van der Waals surface area contributed by atoms with Gasteiger partial charge in [-0.15, -0.1) is 0 Å². The molecule has 0 spiro atoms. The van der Waals surface area contributed by atoms with Crippen LogP contribution in [-0.4, -0.2) is 52.0 Å². The molecule has 0 amide bonds. The van der Waals surface area contributed by atoms with E-state index in [0.717, 1.165) is 51.8 Å². The van der Waals surface area contributed by atoms with Crippen LogP contribution >= 0.6 is 0 Å². The second-order valence-corrected chi connectivity index (χ2v) is 4.71. The third-order valence-corrected chi connectivity index (χ3v) is 2.26. The predicted octanol–water partition coefficient (Wildman–Crippen LogP) is 1.64. The van der Waals surface area contributed by atoms with E-state index in [4.69, 9.17) is 9.47 Å². The maximum absolute atomic E-state index is 5.52. The zero-order valence-electron chi connectivity index (χ0n) is 13.0. The van der Waals surface area contributed by atoms with Crippen LogP contribution in [0.2, 0.25) is 0 Å². The van der Waals surface area contributed by atoms with Crippen LogP contribution in [0.1, 0.15) is 34.1 Å². The van der Waals surface area contributed by atoms with Crippen molar-refractivity contribution in [1.29, 1.82) is 0 Å². The number of hydrogen-bond donors (Lipinski definition) is 2. The number of aliphatic imine (C=N–C) groups is 1. The van der Waals surface area contributed by atoms with E-state index in [2.05, 4.69) is 36.4 Å². The van der Waals surface area contributed by atoms with Gasteiger partial charge in [0.05, 0.1) is 6.61 Å². The molecular formula is C14H31N3O2. The Labute approximate surface area is 118 Å². The molecule has 0 aliphatic carbocycles. The summed E-state index contributed by atoms with van der Waals surface area (Å²) in [5, 5.41) is 6.47. The number of guanidine groups is 1. The van der Waals surface area contributed by atoms with Crippen molar-refractivity contribution in [2.45, 2.75) is 34.1 Å². The average molecular weight is 273 g/mol. The molecule has 19 heavy (non-hydrogen) atoms. The molecule has 0 unspecified atom stereocenters. The third-order valence-electron chi connectivity index (χ3n) is 2.26. The molecule has 5 nitrogen and oxygen atoms in total. The fraction of sp³-hybridized carbons (Fsp3) is 0.929. The van der Waals surface area contributed by atoms with Gasteiger partial charge < -0.3 is 20.1 Å². The minimum absolute atomic E-state index is 0.584. The van der Waals surface area contributed by atoms with Crippen molar-refractivity contribution in [3.63, 3.8) is 0 Å². The van der Waals surface area contributed by atoms with Gasteiger partial charge in [0.25, 0.3) is 0 Å². The van der Waals surface area contributed by atoms with Gasteiger partial charge in [-0.2, -0.15) is 0 Å². The lowest BCUT2D eigenvalue weighted by molar-refractivity contribution is 0.114. The van der Waals surface area contributed by atoms with Gasteiger partial charge in [-0.3, -0.25) is 4.99 Å². The van der Waals surface area contributed by atoms with E-state index in [1.807, 2.05) is 6.92 Å². The Morgan fingerprint density at radius 2 is 1.89 bits per heavy atom. The molecule has 0 aliphatic rings.